The van der Waals surface area contributed by atoms with Gasteiger partial charge >= 0.3 is 0 Å². The number of rotatable bonds is 4. The maximum atomic E-state index is 12.7. The minimum atomic E-state index is -3.32. The fourth-order valence-corrected chi connectivity index (χ4v) is 4.50. The van der Waals surface area contributed by atoms with Gasteiger partial charge < -0.3 is 9.88 Å². The van der Waals surface area contributed by atoms with Crippen molar-refractivity contribution in [2.45, 2.75) is 12.7 Å². The molecule has 6 nitrogen and oxygen atoms in total. The third kappa shape index (κ3) is 3.68. The highest BCUT2D eigenvalue weighted by molar-refractivity contribution is 7.88. The van der Waals surface area contributed by atoms with E-state index < -0.39 is 10.0 Å². The number of aromatic nitrogens is 1. The highest BCUT2D eigenvalue weighted by atomic mass is 32.2. The molecule has 24 heavy (non-hydrogen) atoms. The van der Waals surface area contributed by atoms with Gasteiger partial charge in [0.15, 0.2) is 0 Å². The summed E-state index contributed by atoms with van der Waals surface area (Å²) in [6.07, 6.45) is 1.67. The summed E-state index contributed by atoms with van der Waals surface area (Å²) >= 11 is 0. The van der Waals surface area contributed by atoms with Crippen molar-refractivity contribution in [3.63, 3.8) is 0 Å². The molecule has 1 N–H and O–H groups in total. The maximum Gasteiger partial charge on any atom is 0.248 e. The average Bonchev–Trinajstić information content (AvgIpc) is 2.58. The van der Waals surface area contributed by atoms with Gasteiger partial charge in [0, 0.05) is 38.4 Å². The molecule has 0 radical (unpaired) electrons. The first kappa shape index (κ1) is 16.7. The molecule has 128 valence electrons. The van der Waals surface area contributed by atoms with E-state index in [4.69, 9.17) is 0 Å². The van der Waals surface area contributed by atoms with E-state index in [-0.39, 0.29) is 11.3 Å². The number of anilines is 1. The van der Waals surface area contributed by atoms with E-state index in [0.717, 1.165) is 16.8 Å². The minimum absolute atomic E-state index is 0.0400. The van der Waals surface area contributed by atoms with Crippen LogP contribution in [0.5, 0.6) is 0 Å². The second kappa shape index (κ2) is 6.78. The smallest absolute Gasteiger partial charge is 0.248 e. The van der Waals surface area contributed by atoms with Crippen molar-refractivity contribution in [1.82, 2.24) is 9.29 Å². The van der Waals surface area contributed by atoms with Crippen molar-refractivity contribution < 1.29 is 8.42 Å². The minimum Gasteiger partial charge on any atom is -0.368 e. The number of hydrogen-bond donors (Lipinski definition) is 1. The second-order valence-electron chi connectivity index (χ2n) is 5.98. The highest BCUT2D eigenvalue weighted by Gasteiger charge is 2.27. The summed E-state index contributed by atoms with van der Waals surface area (Å²) < 4.78 is 26.9. The lowest BCUT2D eigenvalue weighted by Crippen LogP contribution is -2.49. The molecule has 3 rings (SSSR count). The maximum absolute atomic E-state index is 12.7. The Labute approximate surface area is 141 Å². The molecule has 1 aromatic carbocycles. The Morgan fingerprint density at radius 1 is 1.04 bits per heavy atom. The lowest BCUT2D eigenvalue weighted by atomic mass is 10.1. The van der Waals surface area contributed by atoms with Crippen LogP contribution in [0.2, 0.25) is 0 Å². The number of sulfonamides is 1. The van der Waals surface area contributed by atoms with Gasteiger partial charge in [-0.1, -0.05) is 24.3 Å². The molecule has 0 spiro atoms. The third-order valence-corrected chi connectivity index (χ3v) is 6.19. The molecule has 1 aliphatic heterocycles. The first-order chi connectivity index (χ1) is 11.5. The zero-order chi connectivity index (χ0) is 17.2. The van der Waals surface area contributed by atoms with Gasteiger partial charge in [-0.3, -0.25) is 4.79 Å². The molecule has 2 heterocycles. The molecular formula is C17H21N3O3S. The van der Waals surface area contributed by atoms with Gasteiger partial charge in [-0.15, -0.1) is 0 Å². The van der Waals surface area contributed by atoms with Gasteiger partial charge in [0.2, 0.25) is 15.6 Å². The largest absolute Gasteiger partial charge is 0.368 e. The lowest BCUT2D eigenvalue weighted by molar-refractivity contribution is 0.384. The van der Waals surface area contributed by atoms with Gasteiger partial charge in [-0.05, 0) is 24.1 Å². The van der Waals surface area contributed by atoms with Crippen LogP contribution in [0.25, 0.3) is 0 Å². The first-order valence-corrected chi connectivity index (χ1v) is 9.53. The number of aryl methyl sites for hydroxylation is 1. The molecular weight excluding hydrogens is 326 g/mol. The Hall–Kier alpha value is -2.12. The van der Waals surface area contributed by atoms with E-state index >= 15 is 0 Å². The monoisotopic (exact) mass is 347 g/mol. The molecule has 0 amide bonds. The van der Waals surface area contributed by atoms with Gasteiger partial charge in [0.25, 0.3) is 0 Å². The van der Waals surface area contributed by atoms with Crippen LogP contribution in [0.15, 0.2) is 47.4 Å². The van der Waals surface area contributed by atoms with Gasteiger partial charge in [0.1, 0.15) is 0 Å². The predicted octanol–water partition coefficient (Wildman–Crippen LogP) is 1.34. The number of benzene rings is 1. The molecule has 2 aromatic rings. The van der Waals surface area contributed by atoms with Crippen LogP contribution in [-0.4, -0.2) is 43.9 Å². The molecule has 1 aliphatic rings. The predicted molar refractivity (Wildman–Crippen MR) is 94.7 cm³/mol. The number of aromatic amines is 1. The highest BCUT2D eigenvalue weighted by Crippen LogP contribution is 2.19. The number of nitrogens with zero attached hydrogens (tertiary/aromatic N) is 2. The average molecular weight is 347 g/mol. The van der Waals surface area contributed by atoms with Crippen LogP contribution < -0.4 is 10.5 Å². The standard InChI is InChI=1S/C17H21N3O3S/c1-14-4-2-3-5-15(14)13-24(22,23)20-10-8-19(9-11-20)16-6-7-17(21)18-12-16/h2-7,12H,8-11,13H2,1H3,(H,18,21). The van der Waals surface area contributed by atoms with Crippen molar-refractivity contribution >= 4 is 15.7 Å². The molecule has 0 saturated carbocycles. The summed E-state index contributed by atoms with van der Waals surface area (Å²) in [4.78, 5) is 15.9. The summed E-state index contributed by atoms with van der Waals surface area (Å²) in [5.41, 5.74) is 2.61. The third-order valence-electron chi connectivity index (χ3n) is 4.36. The zero-order valence-electron chi connectivity index (χ0n) is 13.6. The van der Waals surface area contributed by atoms with Crippen LogP contribution in [0.3, 0.4) is 0 Å². The van der Waals surface area contributed by atoms with Gasteiger partial charge in [-0.25, -0.2) is 8.42 Å². The van der Waals surface area contributed by atoms with Crippen LogP contribution >= 0.6 is 0 Å². The van der Waals surface area contributed by atoms with Crippen LogP contribution in [0, 0.1) is 6.92 Å². The molecule has 1 saturated heterocycles. The Bertz CT molecular complexity index is 848. The molecule has 0 unspecified atom stereocenters. The van der Waals surface area contributed by atoms with E-state index in [1.54, 1.807) is 16.6 Å². The van der Waals surface area contributed by atoms with Crippen molar-refractivity contribution in [3.05, 3.63) is 64.1 Å². The molecule has 1 aromatic heterocycles. The summed E-state index contributed by atoms with van der Waals surface area (Å²) in [6, 6.07) is 10.8. The number of piperazine rings is 1. The number of pyridine rings is 1. The summed E-state index contributed by atoms with van der Waals surface area (Å²) in [5, 5.41) is 0. The molecule has 7 heteroatoms. The number of H-pyrrole nitrogens is 1. The second-order valence-corrected chi connectivity index (χ2v) is 7.95. The quantitative estimate of drug-likeness (QED) is 0.906. The molecule has 0 bridgehead atoms. The first-order valence-electron chi connectivity index (χ1n) is 7.92. The number of nitrogens with one attached hydrogen (secondary N) is 1. The summed E-state index contributed by atoms with van der Waals surface area (Å²) in [7, 11) is -3.32. The Kier molecular flexibility index (Phi) is 4.73. The normalized spacial score (nSPS) is 16.3. The van der Waals surface area contributed by atoms with Crippen LogP contribution in [0.4, 0.5) is 5.69 Å². The lowest BCUT2D eigenvalue weighted by Gasteiger charge is -2.35. The van der Waals surface area contributed by atoms with Crippen LogP contribution in [0.1, 0.15) is 11.1 Å². The fourth-order valence-electron chi connectivity index (χ4n) is 2.88. The van der Waals surface area contributed by atoms with Crippen molar-refractivity contribution in [1.29, 1.82) is 0 Å². The topological polar surface area (TPSA) is 73.5 Å². The molecule has 0 atom stereocenters. The SMILES string of the molecule is Cc1ccccc1CS(=O)(=O)N1CCN(c2ccc(=O)[nH]c2)CC1. The van der Waals surface area contributed by atoms with Crippen LogP contribution in [-0.2, 0) is 15.8 Å². The summed E-state index contributed by atoms with van der Waals surface area (Å²) in [5.74, 6) is 0.0400. The van der Waals surface area contributed by atoms with Crippen molar-refractivity contribution in [3.8, 4) is 0 Å². The van der Waals surface area contributed by atoms with Crippen molar-refractivity contribution in [2.75, 3.05) is 31.1 Å². The zero-order valence-corrected chi connectivity index (χ0v) is 14.4. The molecule has 1 fully saturated rings. The molecule has 0 aliphatic carbocycles. The summed E-state index contributed by atoms with van der Waals surface area (Å²) in [6.45, 7) is 4.05. The van der Waals surface area contributed by atoms with E-state index in [1.165, 1.54) is 6.07 Å². The van der Waals surface area contributed by atoms with Crippen molar-refractivity contribution in [2.24, 2.45) is 0 Å². The van der Waals surface area contributed by atoms with E-state index in [0.29, 0.717) is 26.2 Å². The Morgan fingerprint density at radius 3 is 2.38 bits per heavy atom. The van der Waals surface area contributed by atoms with Gasteiger partial charge in [-0.2, -0.15) is 4.31 Å². The Balaban J connectivity index is 1.66. The van der Waals surface area contributed by atoms with E-state index in [9.17, 15) is 13.2 Å². The van der Waals surface area contributed by atoms with E-state index in [2.05, 4.69) is 9.88 Å². The Morgan fingerprint density at radius 2 is 1.75 bits per heavy atom. The fraction of sp³-hybridized carbons (Fsp3) is 0.353. The number of hydrogen-bond acceptors (Lipinski definition) is 4. The van der Waals surface area contributed by atoms with E-state index in [1.807, 2.05) is 31.2 Å². The van der Waals surface area contributed by atoms with Gasteiger partial charge in [0.05, 0.1) is 11.4 Å².